The normalized spacial score (nSPS) is 13.0. The van der Waals surface area contributed by atoms with Gasteiger partial charge in [0.15, 0.2) is 6.10 Å². The first-order chi connectivity index (χ1) is 30.0. The van der Waals surface area contributed by atoms with Crippen LogP contribution < -0.4 is 0 Å². The van der Waals surface area contributed by atoms with Crippen molar-refractivity contribution in [2.45, 2.75) is 207 Å². The van der Waals surface area contributed by atoms with Crippen LogP contribution in [0.1, 0.15) is 201 Å². The molecule has 0 radical (unpaired) electrons. The van der Waals surface area contributed by atoms with Gasteiger partial charge in [0.25, 0.3) is 0 Å². The van der Waals surface area contributed by atoms with Crippen LogP contribution in [0.4, 0.5) is 0 Å². The van der Waals surface area contributed by atoms with Crippen molar-refractivity contribution in [3.8, 4) is 0 Å². The van der Waals surface area contributed by atoms with Crippen LogP contribution in [0.25, 0.3) is 0 Å². The molecule has 0 aliphatic carbocycles. The van der Waals surface area contributed by atoms with E-state index in [1.807, 2.05) is 36.5 Å². The summed E-state index contributed by atoms with van der Waals surface area (Å²) >= 11 is 0. The fourth-order valence-corrected chi connectivity index (χ4v) is 6.22. The summed E-state index contributed by atoms with van der Waals surface area (Å²) in [7, 11) is 0. The number of hydrogen-bond donors (Lipinski definition) is 0. The molecule has 0 rings (SSSR count). The average molecular weight is 845 g/mol. The van der Waals surface area contributed by atoms with E-state index >= 15 is 0 Å². The molecule has 0 heterocycles. The molecular formula is C55H88O6. The Morgan fingerprint density at radius 1 is 0.344 bits per heavy atom. The highest BCUT2D eigenvalue weighted by Gasteiger charge is 2.19. The quantitative estimate of drug-likeness (QED) is 0.0200. The second-order valence-electron chi connectivity index (χ2n) is 15.8. The minimum atomic E-state index is -0.800. The number of carbonyl (C=O) groups is 3. The van der Waals surface area contributed by atoms with Gasteiger partial charge in [-0.3, -0.25) is 14.4 Å². The summed E-state index contributed by atoms with van der Waals surface area (Å²) in [6.45, 7) is 6.31. The van der Waals surface area contributed by atoms with Crippen LogP contribution in [0.5, 0.6) is 0 Å². The lowest BCUT2D eigenvalue weighted by Gasteiger charge is -2.18. The lowest BCUT2D eigenvalue weighted by atomic mass is 10.1. The van der Waals surface area contributed by atoms with E-state index in [9.17, 15) is 14.4 Å². The summed E-state index contributed by atoms with van der Waals surface area (Å²) in [5, 5.41) is 0. The molecule has 0 aromatic heterocycles. The topological polar surface area (TPSA) is 78.9 Å². The van der Waals surface area contributed by atoms with Crippen LogP contribution in [0, 0.1) is 0 Å². The Balaban J connectivity index is 4.46. The first-order valence-electron chi connectivity index (χ1n) is 24.5. The summed E-state index contributed by atoms with van der Waals surface area (Å²) < 4.78 is 16.7. The Hall–Kier alpha value is -3.93. The van der Waals surface area contributed by atoms with Crippen LogP contribution in [-0.2, 0) is 28.6 Å². The van der Waals surface area contributed by atoms with Crippen LogP contribution in [-0.4, -0.2) is 37.2 Å². The van der Waals surface area contributed by atoms with Crippen molar-refractivity contribution in [3.05, 3.63) is 109 Å². The first-order valence-corrected chi connectivity index (χ1v) is 24.5. The summed E-state index contributed by atoms with van der Waals surface area (Å²) in [4.78, 5) is 37.9. The lowest BCUT2D eigenvalue weighted by molar-refractivity contribution is -0.167. The first kappa shape index (κ1) is 57.1. The number of rotatable bonds is 42. The maximum Gasteiger partial charge on any atom is 0.306 e. The van der Waals surface area contributed by atoms with Crippen molar-refractivity contribution in [1.29, 1.82) is 0 Å². The molecule has 6 heteroatoms. The highest BCUT2D eigenvalue weighted by molar-refractivity contribution is 5.71. The molecule has 0 bridgehead atoms. The van der Waals surface area contributed by atoms with Crippen molar-refractivity contribution in [3.63, 3.8) is 0 Å². The van der Waals surface area contributed by atoms with Gasteiger partial charge in [0.2, 0.25) is 0 Å². The van der Waals surface area contributed by atoms with E-state index in [1.54, 1.807) is 0 Å². The molecule has 1 unspecified atom stereocenters. The lowest BCUT2D eigenvalue weighted by Crippen LogP contribution is -2.30. The van der Waals surface area contributed by atoms with E-state index in [4.69, 9.17) is 14.2 Å². The van der Waals surface area contributed by atoms with Crippen LogP contribution in [0.2, 0.25) is 0 Å². The molecule has 0 spiro atoms. The minimum Gasteiger partial charge on any atom is -0.462 e. The molecule has 0 amide bonds. The number of esters is 3. The number of carbonyl (C=O) groups excluding carboxylic acids is 3. The zero-order chi connectivity index (χ0) is 44.4. The summed E-state index contributed by atoms with van der Waals surface area (Å²) in [5.41, 5.74) is 0. The van der Waals surface area contributed by atoms with Crippen LogP contribution >= 0.6 is 0 Å². The smallest absolute Gasteiger partial charge is 0.306 e. The molecule has 0 aliphatic rings. The van der Waals surface area contributed by atoms with Gasteiger partial charge in [-0.15, -0.1) is 0 Å². The van der Waals surface area contributed by atoms with Gasteiger partial charge in [0.05, 0.1) is 0 Å². The van der Waals surface area contributed by atoms with E-state index in [2.05, 4.69) is 93.7 Å². The van der Waals surface area contributed by atoms with Crippen molar-refractivity contribution < 1.29 is 28.6 Å². The third-order valence-corrected chi connectivity index (χ3v) is 9.90. The Bertz CT molecular complexity index is 1290. The Morgan fingerprint density at radius 2 is 0.689 bits per heavy atom. The SMILES string of the molecule is CC\C=C/C=C\C=C/CCCCCCCCCC(=O)OC(COC(=O)CCCCCC/C=C\CCCC)COC(=O)CCCCCCC\C=C/C=C\C=C/C=C\C=C/CCC. The molecule has 0 saturated carbocycles. The van der Waals surface area contributed by atoms with E-state index in [1.165, 1.54) is 38.5 Å². The summed E-state index contributed by atoms with van der Waals surface area (Å²) in [6.07, 6.45) is 64.9. The number of hydrogen-bond acceptors (Lipinski definition) is 6. The Kier molecular flexibility index (Phi) is 45.6. The maximum atomic E-state index is 12.8. The van der Waals surface area contributed by atoms with Crippen molar-refractivity contribution in [1.82, 2.24) is 0 Å². The van der Waals surface area contributed by atoms with Crippen LogP contribution in [0.3, 0.4) is 0 Å². The van der Waals surface area contributed by atoms with Gasteiger partial charge < -0.3 is 14.2 Å². The Morgan fingerprint density at radius 3 is 1.11 bits per heavy atom. The second-order valence-corrected chi connectivity index (χ2v) is 15.8. The highest BCUT2D eigenvalue weighted by Crippen LogP contribution is 2.13. The third kappa shape index (κ3) is 47.0. The standard InChI is InChI=1S/C55H88O6/c1-4-7-10-13-16-19-22-24-26-27-28-30-31-33-36-39-42-45-48-54(57)60-51-52(50-59-53(56)47-44-41-38-35-21-18-15-12-9-6-3)61-55(58)49-46-43-40-37-34-32-29-25-23-20-17-14-11-8-5-2/h8,10-11,13-20,22-24,26-28,30,52H,4-7,9,12,21,25,29,31-51H2,1-3H3/b11-8-,13-10-,17-14-,18-15-,19-16-,23-20-,24-22-,27-26-,30-28-. The molecule has 61 heavy (non-hydrogen) atoms. The predicted molar refractivity (Wildman–Crippen MR) is 260 cm³/mol. The molecule has 344 valence electrons. The Labute approximate surface area is 374 Å². The van der Waals surface area contributed by atoms with Gasteiger partial charge >= 0.3 is 17.9 Å². The average Bonchev–Trinajstić information content (AvgIpc) is 3.26. The maximum absolute atomic E-state index is 12.8. The third-order valence-electron chi connectivity index (χ3n) is 9.90. The van der Waals surface area contributed by atoms with E-state index in [-0.39, 0.29) is 31.1 Å². The largest absolute Gasteiger partial charge is 0.462 e. The molecule has 0 aromatic carbocycles. The molecule has 0 N–H and O–H groups in total. The van der Waals surface area contributed by atoms with Crippen LogP contribution in [0.15, 0.2) is 109 Å². The fourth-order valence-electron chi connectivity index (χ4n) is 6.22. The van der Waals surface area contributed by atoms with Gasteiger partial charge in [-0.2, -0.15) is 0 Å². The van der Waals surface area contributed by atoms with Gasteiger partial charge in [-0.05, 0) is 77.0 Å². The zero-order valence-corrected chi connectivity index (χ0v) is 39.1. The molecular weight excluding hydrogens is 757 g/mol. The van der Waals surface area contributed by atoms with E-state index in [0.717, 1.165) is 122 Å². The number of unbranched alkanes of at least 4 members (excludes halogenated alkanes) is 19. The summed E-state index contributed by atoms with van der Waals surface area (Å²) in [5.74, 6) is -0.959. The van der Waals surface area contributed by atoms with E-state index in [0.29, 0.717) is 19.3 Å². The predicted octanol–water partition coefficient (Wildman–Crippen LogP) is 16.0. The van der Waals surface area contributed by atoms with Gasteiger partial charge in [-0.1, -0.05) is 214 Å². The van der Waals surface area contributed by atoms with Crippen molar-refractivity contribution in [2.75, 3.05) is 13.2 Å². The van der Waals surface area contributed by atoms with Gasteiger partial charge in [-0.25, -0.2) is 0 Å². The van der Waals surface area contributed by atoms with Gasteiger partial charge in [0.1, 0.15) is 13.2 Å². The van der Waals surface area contributed by atoms with E-state index < -0.39 is 6.10 Å². The minimum absolute atomic E-state index is 0.100. The molecule has 0 saturated heterocycles. The van der Waals surface area contributed by atoms with Gasteiger partial charge in [0, 0.05) is 19.3 Å². The molecule has 0 aliphatic heterocycles. The zero-order valence-electron chi connectivity index (χ0n) is 39.1. The monoisotopic (exact) mass is 845 g/mol. The number of ether oxygens (including phenoxy) is 3. The fraction of sp³-hybridized carbons (Fsp3) is 0.618. The molecule has 0 aromatic rings. The summed E-state index contributed by atoms with van der Waals surface area (Å²) in [6, 6.07) is 0. The van der Waals surface area contributed by atoms with Crippen molar-refractivity contribution in [2.24, 2.45) is 0 Å². The highest BCUT2D eigenvalue weighted by atomic mass is 16.6. The molecule has 1 atom stereocenters. The number of allylic oxidation sites excluding steroid dienone is 18. The van der Waals surface area contributed by atoms with Crippen molar-refractivity contribution >= 4 is 17.9 Å². The second kappa shape index (κ2) is 48.7. The molecule has 6 nitrogen and oxygen atoms in total. The molecule has 0 fully saturated rings.